The third kappa shape index (κ3) is 3.60. The van der Waals surface area contributed by atoms with Crippen molar-refractivity contribution in [2.24, 2.45) is 0 Å². The molecule has 2 rings (SSSR count). The van der Waals surface area contributed by atoms with Crippen molar-refractivity contribution in [1.82, 2.24) is 5.32 Å². The summed E-state index contributed by atoms with van der Waals surface area (Å²) in [4.78, 5) is 0. The summed E-state index contributed by atoms with van der Waals surface area (Å²) in [5, 5.41) is 3.33. The molecule has 0 spiro atoms. The third-order valence-corrected chi connectivity index (χ3v) is 3.85. The lowest BCUT2D eigenvalue weighted by Crippen LogP contribution is -2.21. The van der Waals surface area contributed by atoms with Crippen LogP contribution in [-0.2, 0) is 6.54 Å². The number of hydrogen-bond donors (Lipinski definition) is 1. The predicted molar refractivity (Wildman–Crippen MR) is 86.9 cm³/mol. The molecule has 0 amide bonds. The molecule has 0 fully saturated rings. The number of halogens is 1. The zero-order chi connectivity index (χ0) is 15.4. The summed E-state index contributed by atoms with van der Waals surface area (Å²) >= 11 is 3.50. The molecule has 0 saturated heterocycles. The summed E-state index contributed by atoms with van der Waals surface area (Å²) in [6.07, 6.45) is 0. The molecule has 1 heterocycles. The minimum Gasteiger partial charge on any atom is -0.495 e. The third-order valence-electron chi connectivity index (χ3n) is 3.10. The average molecular weight is 354 g/mol. The monoisotopic (exact) mass is 353 g/mol. The SMILES string of the molecule is COc1ccc(-c2ccc(CNC(C)C)o2)c(OC)c1Br. The first-order valence-electron chi connectivity index (χ1n) is 6.79. The number of furan rings is 1. The summed E-state index contributed by atoms with van der Waals surface area (Å²) in [6.45, 7) is 4.91. The van der Waals surface area contributed by atoms with Crippen LogP contribution in [0.4, 0.5) is 0 Å². The number of ether oxygens (including phenoxy) is 2. The second-order valence-corrected chi connectivity index (χ2v) is 5.76. The highest BCUT2D eigenvalue weighted by atomic mass is 79.9. The largest absolute Gasteiger partial charge is 0.495 e. The van der Waals surface area contributed by atoms with Crippen LogP contribution in [0.2, 0.25) is 0 Å². The van der Waals surface area contributed by atoms with E-state index in [0.29, 0.717) is 18.3 Å². The van der Waals surface area contributed by atoms with Gasteiger partial charge in [0.15, 0.2) is 0 Å². The maximum atomic E-state index is 5.89. The smallest absolute Gasteiger partial charge is 0.147 e. The number of benzene rings is 1. The molecule has 21 heavy (non-hydrogen) atoms. The van der Waals surface area contributed by atoms with Crippen LogP contribution in [0.25, 0.3) is 11.3 Å². The van der Waals surface area contributed by atoms with Gasteiger partial charge in [-0.25, -0.2) is 0 Å². The molecule has 0 radical (unpaired) electrons. The molecule has 0 bridgehead atoms. The first kappa shape index (κ1) is 15.9. The van der Waals surface area contributed by atoms with Gasteiger partial charge in [0.25, 0.3) is 0 Å². The van der Waals surface area contributed by atoms with E-state index in [2.05, 4.69) is 35.1 Å². The van der Waals surface area contributed by atoms with Crippen molar-refractivity contribution in [3.63, 3.8) is 0 Å². The minimum absolute atomic E-state index is 0.420. The van der Waals surface area contributed by atoms with Gasteiger partial charge in [-0.05, 0) is 40.2 Å². The molecule has 0 aliphatic heterocycles. The van der Waals surface area contributed by atoms with Gasteiger partial charge >= 0.3 is 0 Å². The first-order valence-corrected chi connectivity index (χ1v) is 7.59. The van der Waals surface area contributed by atoms with E-state index in [1.807, 2.05) is 24.3 Å². The lowest BCUT2D eigenvalue weighted by atomic mass is 10.1. The van der Waals surface area contributed by atoms with E-state index < -0.39 is 0 Å². The van der Waals surface area contributed by atoms with E-state index in [1.54, 1.807) is 14.2 Å². The fourth-order valence-electron chi connectivity index (χ4n) is 2.01. The second kappa shape index (κ2) is 7.00. The molecule has 1 N–H and O–H groups in total. The van der Waals surface area contributed by atoms with Crippen molar-refractivity contribution in [2.75, 3.05) is 14.2 Å². The van der Waals surface area contributed by atoms with E-state index in [9.17, 15) is 0 Å². The number of hydrogen-bond acceptors (Lipinski definition) is 4. The van der Waals surface area contributed by atoms with Crippen molar-refractivity contribution in [1.29, 1.82) is 0 Å². The number of rotatable bonds is 6. The number of nitrogens with one attached hydrogen (secondary N) is 1. The van der Waals surface area contributed by atoms with Crippen molar-refractivity contribution in [3.8, 4) is 22.8 Å². The molecule has 1 aromatic heterocycles. The van der Waals surface area contributed by atoms with E-state index >= 15 is 0 Å². The molecule has 2 aromatic rings. The maximum absolute atomic E-state index is 5.89. The van der Waals surface area contributed by atoms with Crippen LogP contribution >= 0.6 is 15.9 Å². The van der Waals surface area contributed by atoms with E-state index in [1.165, 1.54) is 0 Å². The summed E-state index contributed by atoms with van der Waals surface area (Å²) in [7, 11) is 3.26. The van der Waals surface area contributed by atoms with Crippen molar-refractivity contribution < 1.29 is 13.9 Å². The Hall–Kier alpha value is -1.46. The van der Waals surface area contributed by atoms with Gasteiger partial charge in [0.2, 0.25) is 0 Å². The molecule has 0 aliphatic carbocycles. The highest BCUT2D eigenvalue weighted by Gasteiger charge is 2.16. The fraction of sp³-hybridized carbons (Fsp3) is 0.375. The Morgan fingerprint density at radius 2 is 1.90 bits per heavy atom. The second-order valence-electron chi connectivity index (χ2n) is 4.96. The van der Waals surface area contributed by atoms with Crippen LogP contribution in [0, 0.1) is 0 Å². The Morgan fingerprint density at radius 3 is 2.52 bits per heavy atom. The zero-order valence-electron chi connectivity index (χ0n) is 12.7. The number of methoxy groups -OCH3 is 2. The molecule has 0 atom stereocenters. The average Bonchev–Trinajstić information content (AvgIpc) is 2.93. The molecule has 0 saturated carbocycles. The molecule has 5 heteroatoms. The Kier molecular flexibility index (Phi) is 5.31. The molecule has 1 aromatic carbocycles. The van der Waals surface area contributed by atoms with Crippen LogP contribution in [-0.4, -0.2) is 20.3 Å². The normalized spacial score (nSPS) is 11.0. The topological polar surface area (TPSA) is 43.6 Å². The van der Waals surface area contributed by atoms with Gasteiger partial charge in [-0.1, -0.05) is 13.8 Å². The van der Waals surface area contributed by atoms with Crippen LogP contribution in [0.1, 0.15) is 19.6 Å². The van der Waals surface area contributed by atoms with Gasteiger partial charge in [0.05, 0.1) is 26.3 Å². The molecule has 0 aliphatic rings. The molecule has 114 valence electrons. The summed E-state index contributed by atoms with van der Waals surface area (Å²) in [6, 6.07) is 8.16. The molecular formula is C16H20BrNO3. The lowest BCUT2D eigenvalue weighted by Gasteiger charge is -2.12. The van der Waals surface area contributed by atoms with E-state index in [4.69, 9.17) is 13.9 Å². The Morgan fingerprint density at radius 1 is 1.14 bits per heavy atom. The van der Waals surface area contributed by atoms with Crippen LogP contribution in [0.3, 0.4) is 0 Å². The van der Waals surface area contributed by atoms with Gasteiger partial charge in [0, 0.05) is 6.04 Å². The zero-order valence-corrected chi connectivity index (χ0v) is 14.3. The van der Waals surface area contributed by atoms with Crippen LogP contribution in [0.15, 0.2) is 33.2 Å². The summed E-state index contributed by atoms with van der Waals surface area (Å²) < 4.78 is 17.4. The minimum atomic E-state index is 0.420. The van der Waals surface area contributed by atoms with Crippen LogP contribution < -0.4 is 14.8 Å². The van der Waals surface area contributed by atoms with Gasteiger partial charge in [-0.2, -0.15) is 0 Å². The van der Waals surface area contributed by atoms with Gasteiger partial charge < -0.3 is 19.2 Å². The fourth-order valence-corrected chi connectivity index (χ4v) is 2.68. The predicted octanol–water partition coefficient (Wildman–Crippen LogP) is 4.22. The van der Waals surface area contributed by atoms with Crippen molar-refractivity contribution >= 4 is 15.9 Å². The molecule has 4 nitrogen and oxygen atoms in total. The van der Waals surface area contributed by atoms with E-state index in [-0.39, 0.29) is 0 Å². The molecule has 0 unspecified atom stereocenters. The quantitative estimate of drug-likeness (QED) is 0.843. The maximum Gasteiger partial charge on any atom is 0.147 e. The summed E-state index contributed by atoms with van der Waals surface area (Å²) in [5.41, 5.74) is 0.890. The van der Waals surface area contributed by atoms with Gasteiger partial charge in [-0.3, -0.25) is 0 Å². The Balaban J connectivity index is 2.32. The highest BCUT2D eigenvalue weighted by Crippen LogP contribution is 2.42. The highest BCUT2D eigenvalue weighted by molar-refractivity contribution is 9.10. The van der Waals surface area contributed by atoms with Crippen molar-refractivity contribution in [3.05, 3.63) is 34.5 Å². The standard InChI is InChI=1S/C16H20BrNO3/c1-10(2)18-9-11-5-7-13(21-11)12-6-8-14(19-3)15(17)16(12)20-4/h5-8,10,18H,9H2,1-4H3. The Labute approximate surface area is 133 Å². The molecular weight excluding hydrogens is 334 g/mol. The Bertz CT molecular complexity index is 608. The van der Waals surface area contributed by atoms with Gasteiger partial charge in [0.1, 0.15) is 27.5 Å². The van der Waals surface area contributed by atoms with E-state index in [0.717, 1.165) is 27.3 Å². The van der Waals surface area contributed by atoms with Crippen molar-refractivity contribution in [2.45, 2.75) is 26.4 Å². The lowest BCUT2D eigenvalue weighted by molar-refractivity contribution is 0.389. The van der Waals surface area contributed by atoms with Gasteiger partial charge in [-0.15, -0.1) is 0 Å². The first-order chi connectivity index (χ1) is 10.1. The summed E-state index contributed by atoms with van der Waals surface area (Å²) in [5.74, 6) is 3.10. The van der Waals surface area contributed by atoms with Crippen LogP contribution in [0.5, 0.6) is 11.5 Å².